The molecule has 6 heteroatoms. The number of nitrogens with zero attached hydrogens (tertiary/aromatic N) is 2. The minimum Gasteiger partial charge on any atom is -0.493 e. The number of hydrogen-bond acceptors (Lipinski definition) is 4. The number of carbonyl (C=O) groups is 1. The van der Waals surface area contributed by atoms with Gasteiger partial charge >= 0.3 is 0 Å². The van der Waals surface area contributed by atoms with E-state index < -0.39 is 0 Å². The first-order valence-corrected chi connectivity index (χ1v) is 15.7. The number of carbonyl (C=O) groups excluding carboxylic acids is 1. The SMILES string of the molecule is Br.CCCCCCCCCCCCCCOc1ccc(CN(C(C)=O)c2ccc(Cc3cccnc3)cc2)cc1OC. The molecule has 230 valence electrons. The molecule has 42 heavy (non-hydrogen) atoms. The molecule has 0 aliphatic rings. The van der Waals surface area contributed by atoms with Gasteiger partial charge in [0.1, 0.15) is 0 Å². The largest absolute Gasteiger partial charge is 0.493 e. The molecule has 0 N–H and O–H groups in total. The molecule has 1 aromatic heterocycles. The van der Waals surface area contributed by atoms with Crippen LogP contribution in [0.15, 0.2) is 67.0 Å². The standard InChI is InChI=1S/C36H50N2O3.BrH/c1-4-5-6-7-8-9-10-11-12-13-14-15-25-41-35-23-20-33(27-36(35)40-3)29-38(30(2)39)34-21-18-31(19-22-34)26-32-17-16-24-37-28-32;/h16-24,27-28H,4-15,25-26,29H2,1-3H3;1H. The highest BCUT2D eigenvalue weighted by molar-refractivity contribution is 8.93. The van der Waals surface area contributed by atoms with Crippen LogP contribution in [0.4, 0.5) is 5.69 Å². The molecule has 3 rings (SSSR count). The van der Waals surface area contributed by atoms with Crippen molar-refractivity contribution in [3.63, 3.8) is 0 Å². The number of aromatic nitrogens is 1. The Bertz CT molecular complexity index is 1140. The van der Waals surface area contributed by atoms with Crippen LogP contribution < -0.4 is 14.4 Å². The summed E-state index contributed by atoms with van der Waals surface area (Å²) in [4.78, 5) is 18.5. The van der Waals surface area contributed by atoms with Crippen molar-refractivity contribution in [1.82, 2.24) is 4.98 Å². The molecule has 0 aliphatic heterocycles. The van der Waals surface area contributed by atoms with Crippen LogP contribution in [0.5, 0.6) is 11.5 Å². The molecule has 0 saturated carbocycles. The third-order valence-electron chi connectivity index (χ3n) is 7.58. The Hall–Kier alpha value is -2.86. The average Bonchev–Trinajstić information content (AvgIpc) is 2.99. The van der Waals surface area contributed by atoms with Crippen LogP contribution in [0.3, 0.4) is 0 Å². The molecule has 1 amide bonds. The molecule has 0 saturated heterocycles. The third kappa shape index (κ3) is 13.0. The van der Waals surface area contributed by atoms with Gasteiger partial charge in [0.05, 0.1) is 20.3 Å². The van der Waals surface area contributed by atoms with E-state index in [4.69, 9.17) is 9.47 Å². The predicted molar refractivity (Wildman–Crippen MR) is 180 cm³/mol. The highest BCUT2D eigenvalue weighted by Crippen LogP contribution is 2.30. The van der Waals surface area contributed by atoms with Crippen LogP contribution in [0, 0.1) is 0 Å². The topological polar surface area (TPSA) is 51.7 Å². The normalized spacial score (nSPS) is 10.6. The zero-order chi connectivity index (χ0) is 29.1. The molecule has 0 fully saturated rings. The van der Waals surface area contributed by atoms with E-state index in [0.29, 0.717) is 18.9 Å². The van der Waals surface area contributed by atoms with E-state index in [1.807, 2.05) is 42.6 Å². The van der Waals surface area contributed by atoms with Crippen molar-refractivity contribution in [1.29, 1.82) is 0 Å². The van der Waals surface area contributed by atoms with Crippen molar-refractivity contribution < 1.29 is 14.3 Å². The fourth-order valence-electron chi connectivity index (χ4n) is 5.15. The third-order valence-corrected chi connectivity index (χ3v) is 7.58. The first-order valence-electron chi connectivity index (χ1n) is 15.7. The molecule has 0 unspecified atom stereocenters. The van der Waals surface area contributed by atoms with Gasteiger partial charge in [-0.3, -0.25) is 9.78 Å². The van der Waals surface area contributed by atoms with Crippen molar-refractivity contribution in [2.45, 2.75) is 104 Å². The highest BCUT2D eigenvalue weighted by atomic mass is 79.9. The number of halogens is 1. The van der Waals surface area contributed by atoms with Crippen LogP contribution in [-0.2, 0) is 17.8 Å². The first-order chi connectivity index (χ1) is 20.1. The predicted octanol–water partition coefficient (Wildman–Crippen LogP) is 9.89. The quantitative estimate of drug-likeness (QED) is 0.116. The lowest BCUT2D eigenvalue weighted by molar-refractivity contribution is -0.116. The zero-order valence-corrected chi connectivity index (χ0v) is 27.7. The second-order valence-corrected chi connectivity index (χ2v) is 11.0. The summed E-state index contributed by atoms with van der Waals surface area (Å²) in [5.41, 5.74) is 4.21. The summed E-state index contributed by atoms with van der Waals surface area (Å²) in [5.74, 6) is 1.46. The summed E-state index contributed by atoms with van der Waals surface area (Å²) in [7, 11) is 1.67. The Morgan fingerprint density at radius 1 is 0.762 bits per heavy atom. The number of anilines is 1. The molecule has 0 atom stereocenters. The van der Waals surface area contributed by atoms with Gasteiger partial charge < -0.3 is 14.4 Å². The number of rotatable bonds is 20. The van der Waals surface area contributed by atoms with Gasteiger partial charge in [-0.1, -0.05) is 102 Å². The van der Waals surface area contributed by atoms with Gasteiger partial charge in [0, 0.05) is 25.0 Å². The summed E-state index contributed by atoms with van der Waals surface area (Å²) in [6.07, 6.45) is 20.4. The molecule has 0 bridgehead atoms. The van der Waals surface area contributed by atoms with Crippen LogP contribution >= 0.6 is 17.0 Å². The van der Waals surface area contributed by atoms with Gasteiger partial charge in [-0.05, 0) is 59.9 Å². The zero-order valence-electron chi connectivity index (χ0n) is 26.0. The summed E-state index contributed by atoms with van der Waals surface area (Å²) in [6, 6.07) is 18.2. The number of hydrogen-bond donors (Lipinski definition) is 0. The van der Waals surface area contributed by atoms with Crippen LogP contribution in [0.25, 0.3) is 0 Å². The minimum atomic E-state index is -0.00345. The number of pyridine rings is 1. The van der Waals surface area contributed by atoms with E-state index in [-0.39, 0.29) is 22.9 Å². The lowest BCUT2D eigenvalue weighted by atomic mass is 10.1. The number of benzene rings is 2. The van der Waals surface area contributed by atoms with Gasteiger partial charge in [-0.25, -0.2) is 0 Å². The monoisotopic (exact) mass is 638 g/mol. The van der Waals surface area contributed by atoms with Crippen molar-refractivity contribution in [3.05, 3.63) is 83.7 Å². The maximum absolute atomic E-state index is 12.6. The van der Waals surface area contributed by atoms with Crippen LogP contribution in [-0.4, -0.2) is 24.6 Å². The molecule has 0 spiro atoms. The maximum Gasteiger partial charge on any atom is 0.224 e. The van der Waals surface area contributed by atoms with E-state index in [0.717, 1.165) is 35.4 Å². The van der Waals surface area contributed by atoms with Gasteiger partial charge in [-0.2, -0.15) is 0 Å². The fraction of sp³-hybridized carbons (Fsp3) is 0.500. The average molecular weight is 640 g/mol. The van der Waals surface area contributed by atoms with Crippen LogP contribution in [0.2, 0.25) is 0 Å². The molecular formula is C36H51BrN2O3. The van der Waals surface area contributed by atoms with E-state index in [1.165, 1.54) is 76.2 Å². The van der Waals surface area contributed by atoms with Gasteiger partial charge in [0.2, 0.25) is 5.91 Å². The van der Waals surface area contributed by atoms with Crippen molar-refractivity contribution >= 4 is 28.6 Å². The Labute approximate surface area is 264 Å². The van der Waals surface area contributed by atoms with E-state index >= 15 is 0 Å². The number of amides is 1. The number of ether oxygens (including phenoxy) is 2. The second-order valence-electron chi connectivity index (χ2n) is 11.0. The van der Waals surface area contributed by atoms with Crippen molar-refractivity contribution in [2.24, 2.45) is 0 Å². The Kier molecular flexibility index (Phi) is 17.6. The first kappa shape index (κ1) is 35.3. The van der Waals surface area contributed by atoms with Crippen molar-refractivity contribution in [3.8, 4) is 11.5 Å². The molecular weight excluding hydrogens is 588 g/mol. The molecule has 5 nitrogen and oxygen atoms in total. The van der Waals surface area contributed by atoms with E-state index in [2.05, 4.69) is 30.1 Å². The number of methoxy groups -OCH3 is 1. The smallest absolute Gasteiger partial charge is 0.224 e. The summed E-state index contributed by atoms with van der Waals surface area (Å²) >= 11 is 0. The van der Waals surface area contributed by atoms with Crippen LogP contribution in [0.1, 0.15) is 108 Å². The Balaban J connectivity index is 0.00000616. The summed E-state index contributed by atoms with van der Waals surface area (Å²) < 4.78 is 11.7. The fourth-order valence-corrected chi connectivity index (χ4v) is 5.15. The van der Waals surface area contributed by atoms with Gasteiger partial charge in [-0.15, -0.1) is 17.0 Å². The van der Waals surface area contributed by atoms with Gasteiger partial charge in [0.25, 0.3) is 0 Å². The highest BCUT2D eigenvalue weighted by Gasteiger charge is 2.14. The molecule has 2 aromatic carbocycles. The van der Waals surface area contributed by atoms with E-state index in [1.54, 1.807) is 25.1 Å². The maximum atomic E-state index is 12.6. The Morgan fingerprint density at radius 2 is 1.38 bits per heavy atom. The Morgan fingerprint density at radius 3 is 1.95 bits per heavy atom. The lowest BCUT2D eigenvalue weighted by Crippen LogP contribution is -2.27. The van der Waals surface area contributed by atoms with Gasteiger partial charge in [0.15, 0.2) is 11.5 Å². The van der Waals surface area contributed by atoms with Crippen molar-refractivity contribution in [2.75, 3.05) is 18.6 Å². The molecule has 3 aromatic rings. The molecule has 0 aliphatic carbocycles. The molecule has 0 radical (unpaired) electrons. The second kappa shape index (κ2) is 20.9. The molecule has 1 heterocycles. The van der Waals surface area contributed by atoms with E-state index in [9.17, 15) is 4.79 Å². The minimum absolute atomic E-state index is 0. The number of unbranched alkanes of at least 4 members (excludes halogenated alkanes) is 11. The summed E-state index contributed by atoms with van der Waals surface area (Å²) in [6.45, 7) is 5.04. The lowest BCUT2D eigenvalue weighted by Gasteiger charge is -2.22. The summed E-state index contributed by atoms with van der Waals surface area (Å²) in [5, 5.41) is 0.